The van der Waals surface area contributed by atoms with Crippen LogP contribution in [0.15, 0.2) is 0 Å². The summed E-state index contributed by atoms with van der Waals surface area (Å²) in [6, 6.07) is 0. The highest BCUT2D eigenvalue weighted by atomic mass is 16.9. The van der Waals surface area contributed by atoms with E-state index in [1.54, 1.807) is 48.5 Å². The number of carbonyl (C=O) groups is 3. The van der Waals surface area contributed by atoms with E-state index in [1.165, 1.54) is 7.11 Å². The first kappa shape index (κ1) is 28.5. The molecule has 196 valence electrons. The Morgan fingerprint density at radius 3 is 1.74 bits per heavy atom. The molecule has 10 nitrogen and oxygen atoms in total. The molecule has 0 spiro atoms. The molecule has 2 rings (SSSR count). The number of hydrogen-bond acceptors (Lipinski definition) is 10. The molecular formula is C24H40O10. The van der Waals surface area contributed by atoms with Crippen molar-refractivity contribution in [1.82, 2.24) is 0 Å². The van der Waals surface area contributed by atoms with Crippen molar-refractivity contribution in [3.05, 3.63) is 0 Å². The Morgan fingerprint density at radius 1 is 0.824 bits per heavy atom. The van der Waals surface area contributed by atoms with Gasteiger partial charge in [0.05, 0.1) is 17.9 Å². The van der Waals surface area contributed by atoms with Crippen LogP contribution in [0.2, 0.25) is 0 Å². The standard InChI is InChI=1S/C24H40O10/c1-12-29-24(23(8,9)10)33-16-14(32-20(27)22(5,6)7)13(31-19(26)21(2,3)4)15(17(25)28-11)30-18(16)34-24/h13-16,18H,12H2,1-11H3. The van der Waals surface area contributed by atoms with Crippen LogP contribution in [0.4, 0.5) is 0 Å². The van der Waals surface area contributed by atoms with Crippen LogP contribution in [0.5, 0.6) is 0 Å². The van der Waals surface area contributed by atoms with E-state index >= 15 is 0 Å². The summed E-state index contributed by atoms with van der Waals surface area (Å²) < 4.78 is 40.6. The summed E-state index contributed by atoms with van der Waals surface area (Å²) in [7, 11) is 1.18. The Morgan fingerprint density at radius 2 is 1.32 bits per heavy atom. The monoisotopic (exact) mass is 488 g/mol. The van der Waals surface area contributed by atoms with E-state index in [-0.39, 0.29) is 6.61 Å². The molecule has 0 saturated carbocycles. The van der Waals surface area contributed by atoms with Gasteiger partial charge in [-0.1, -0.05) is 20.8 Å². The minimum Gasteiger partial charge on any atom is -0.467 e. The minimum absolute atomic E-state index is 0.256. The minimum atomic E-state index is -1.56. The van der Waals surface area contributed by atoms with Gasteiger partial charge in [0.1, 0.15) is 0 Å². The van der Waals surface area contributed by atoms with Gasteiger partial charge < -0.3 is 28.4 Å². The van der Waals surface area contributed by atoms with Crippen molar-refractivity contribution >= 4 is 17.9 Å². The Kier molecular flexibility index (Phi) is 8.14. The number of ether oxygens (including phenoxy) is 7. The van der Waals surface area contributed by atoms with Gasteiger partial charge in [-0.3, -0.25) is 14.3 Å². The Bertz CT molecular complexity index is 772. The van der Waals surface area contributed by atoms with Crippen molar-refractivity contribution < 1.29 is 47.5 Å². The summed E-state index contributed by atoms with van der Waals surface area (Å²) in [5.41, 5.74) is -2.47. The summed E-state index contributed by atoms with van der Waals surface area (Å²) in [6.45, 7) is 17.7. The van der Waals surface area contributed by atoms with Crippen molar-refractivity contribution in [2.45, 2.75) is 106 Å². The SMILES string of the molecule is CCOC1(C(C)(C)C)OC2OC(C(=O)OC)C(OC(=O)C(C)(C)C)C(OC(=O)C(C)(C)C)C2O1. The van der Waals surface area contributed by atoms with Crippen molar-refractivity contribution in [3.8, 4) is 0 Å². The molecule has 0 amide bonds. The van der Waals surface area contributed by atoms with E-state index in [1.807, 2.05) is 20.8 Å². The number of carbonyl (C=O) groups excluding carboxylic acids is 3. The van der Waals surface area contributed by atoms with E-state index in [0.717, 1.165) is 0 Å². The van der Waals surface area contributed by atoms with Gasteiger partial charge >= 0.3 is 17.9 Å². The number of hydrogen-bond donors (Lipinski definition) is 0. The second-order valence-corrected chi connectivity index (χ2v) is 11.6. The molecule has 2 fully saturated rings. The maximum atomic E-state index is 12.9. The van der Waals surface area contributed by atoms with Gasteiger partial charge in [0.15, 0.2) is 30.7 Å². The summed E-state index contributed by atoms with van der Waals surface area (Å²) >= 11 is 0. The predicted molar refractivity (Wildman–Crippen MR) is 119 cm³/mol. The fourth-order valence-corrected chi connectivity index (χ4v) is 3.39. The maximum Gasteiger partial charge on any atom is 0.339 e. The van der Waals surface area contributed by atoms with Crippen LogP contribution in [-0.4, -0.2) is 68.3 Å². The van der Waals surface area contributed by atoms with Gasteiger partial charge in [0, 0.05) is 12.0 Å². The Hall–Kier alpha value is -1.75. The van der Waals surface area contributed by atoms with Gasteiger partial charge in [0.2, 0.25) is 0 Å². The largest absolute Gasteiger partial charge is 0.467 e. The molecule has 2 aliphatic heterocycles. The Balaban J connectivity index is 2.58. The third kappa shape index (κ3) is 5.72. The smallest absolute Gasteiger partial charge is 0.339 e. The first-order valence-corrected chi connectivity index (χ1v) is 11.5. The number of fused-ring (bicyclic) bond motifs is 1. The van der Waals surface area contributed by atoms with Crippen LogP contribution in [0, 0.1) is 16.2 Å². The first-order valence-electron chi connectivity index (χ1n) is 11.5. The molecule has 6 unspecified atom stereocenters. The lowest BCUT2D eigenvalue weighted by molar-refractivity contribution is -0.396. The number of methoxy groups -OCH3 is 1. The van der Waals surface area contributed by atoms with Gasteiger partial charge in [-0.15, -0.1) is 0 Å². The molecule has 0 aromatic carbocycles. The zero-order valence-corrected chi connectivity index (χ0v) is 22.2. The molecule has 2 saturated heterocycles. The average molecular weight is 489 g/mol. The molecule has 0 radical (unpaired) electrons. The summed E-state index contributed by atoms with van der Waals surface area (Å²) in [6.07, 6.45) is -6.19. The fraction of sp³-hybridized carbons (Fsp3) is 0.875. The summed E-state index contributed by atoms with van der Waals surface area (Å²) in [5.74, 6) is -3.56. The molecule has 2 aliphatic rings. The molecule has 0 aromatic rings. The summed E-state index contributed by atoms with van der Waals surface area (Å²) in [4.78, 5) is 38.5. The third-order valence-electron chi connectivity index (χ3n) is 5.45. The van der Waals surface area contributed by atoms with Gasteiger partial charge in [-0.05, 0) is 48.5 Å². The third-order valence-corrected chi connectivity index (χ3v) is 5.45. The molecule has 0 bridgehead atoms. The van der Waals surface area contributed by atoms with Gasteiger partial charge in [0.25, 0.3) is 5.97 Å². The molecule has 34 heavy (non-hydrogen) atoms. The lowest BCUT2D eigenvalue weighted by Gasteiger charge is -2.41. The highest BCUT2D eigenvalue weighted by Crippen LogP contribution is 2.48. The van der Waals surface area contributed by atoms with E-state index in [2.05, 4.69) is 0 Å². The van der Waals surface area contributed by atoms with Crippen LogP contribution < -0.4 is 0 Å². The van der Waals surface area contributed by atoms with E-state index < -0.39 is 70.8 Å². The number of rotatable bonds is 5. The van der Waals surface area contributed by atoms with Crippen LogP contribution in [0.1, 0.15) is 69.2 Å². The highest BCUT2D eigenvalue weighted by molar-refractivity contribution is 5.79. The second kappa shape index (κ2) is 9.72. The van der Waals surface area contributed by atoms with Crippen LogP contribution in [0.3, 0.4) is 0 Å². The number of esters is 3. The van der Waals surface area contributed by atoms with Crippen molar-refractivity contribution in [2.75, 3.05) is 13.7 Å². The molecule has 10 heteroatoms. The highest BCUT2D eigenvalue weighted by Gasteiger charge is 2.65. The summed E-state index contributed by atoms with van der Waals surface area (Å²) in [5, 5.41) is 0. The van der Waals surface area contributed by atoms with Crippen molar-refractivity contribution in [3.63, 3.8) is 0 Å². The van der Waals surface area contributed by atoms with E-state index in [4.69, 9.17) is 33.2 Å². The normalized spacial score (nSPS) is 32.0. The quantitative estimate of drug-likeness (QED) is 0.422. The molecular weight excluding hydrogens is 448 g/mol. The lowest BCUT2D eigenvalue weighted by atomic mass is 9.92. The van der Waals surface area contributed by atoms with Crippen molar-refractivity contribution in [2.24, 2.45) is 16.2 Å². The van der Waals surface area contributed by atoms with E-state index in [0.29, 0.717) is 0 Å². The van der Waals surface area contributed by atoms with Crippen LogP contribution >= 0.6 is 0 Å². The Labute approximate surface area is 201 Å². The van der Waals surface area contributed by atoms with Gasteiger partial charge in [-0.25, -0.2) is 4.79 Å². The average Bonchev–Trinajstić information content (AvgIpc) is 3.06. The fourth-order valence-electron chi connectivity index (χ4n) is 3.39. The molecule has 0 N–H and O–H groups in total. The van der Waals surface area contributed by atoms with Crippen molar-refractivity contribution in [1.29, 1.82) is 0 Å². The lowest BCUT2D eigenvalue weighted by Crippen LogP contribution is -2.62. The molecule has 6 atom stereocenters. The topological polar surface area (TPSA) is 116 Å². The molecule has 2 heterocycles. The zero-order valence-electron chi connectivity index (χ0n) is 22.2. The van der Waals surface area contributed by atoms with Gasteiger partial charge in [-0.2, -0.15) is 0 Å². The second-order valence-electron chi connectivity index (χ2n) is 11.6. The van der Waals surface area contributed by atoms with Crippen LogP contribution in [0.25, 0.3) is 0 Å². The maximum absolute atomic E-state index is 12.9. The molecule has 0 aliphatic carbocycles. The zero-order chi connectivity index (χ0) is 26.3. The molecule has 0 aromatic heterocycles. The first-order chi connectivity index (χ1) is 15.4. The van der Waals surface area contributed by atoms with Crippen LogP contribution in [-0.2, 0) is 47.5 Å². The predicted octanol–water partition coefficient (Wildman–Crippen LogP) is 2.95. The van der Waals surface area contributed by atoms with E-state index in [9.17, 15) is 14.4 Å².